The second kappa shape index (κ2) is 5.70. The Morgan fingerprint density at radius 1 is 1.33 bits per heavy atom. The number of halogens is 3. The number of alkyl halides is 3. The van der Waals surface area contributed by atoms with Crippen molar-refractivity contribution in [3.05, 3.63) is 0 Å². The molecule has 5 heteroatoms. The van der Waals surface area contributed by atoms with E-state index in [1.807, 2.05) is 6.92 Å². The highest BCUT2D eigenvalue weighted by atomic mass is 19.4. The van der Waals surface area contributed by atoms with Crippen LogP contribution in [0, 0.1) is 0 Å². The first-order chi connectivity index (χ1) is 6.66. The second-order valence-corrected chi connectivity index (χ2v) is 4.35. The van der Waals surface area contributed by atoms with Gasteiger partial charge in [0.25, 0.3) is 0 Å². The summed E-state index contributed by atoms with van der Waals surface area (Å²) in [6, 6.07) is -0.659. The first-order valence-electron chi connectivity index (χ1n) is 5.19. The highest BCUT2D eigenvalue weighted by Crippen LogP contribution is 2.21. The van der Waals surface area contributed by atoms with Crippen LogP contribution in [0.1, 0.15) is 40.0 Å². The van der Waals surface area contributed by atoms with E-state index in [2.05, 4.69) is 5.32 Å². The maximum absolute atomic E-state index is 12.0. The van der Waals surface area contributed by atoms with Crippen LogP contribution >= 0.6 is 0 Å². The highest BCUT2D eigenvalue weighted by molar-refractivity contribution is 4.77. The van der Waals surface area contributed by atoms with Gasteiger partial charge < -0.3 is 10.4 Å². The van der Waals surface area contributed by atoms with Crippen molar-refractivity contribution in [1.82, 2.24) is 5.32 Å². The van der Waals surface area contributed by atoms with Crippen molar-refractivity contribution in [3.63, 3.8) is 0 Å². The van der Waals surface area contributed by atoms with Crippen molar-refractivity contribution in [3.8, 4) is 0 Å². The molecule has 0 aliphatic rings. The maximum atomic E-state index is 12.0. The smallest absolute Gasteiger partial charge is 0.389 e. The van der Waals surface area contributed by atoms with Crippen LogP contribution in [0.5, 0.6) is 0 Å². The van der Waals surface area contributed by atoms with E-state index >= 15 is 0 Å². The molecule has 0 heterocycles. The van der Waals surface area contributed by atoms with Gasteiger partial charge in [-0.15, -0.1) is 0 Å². The van der Waals surface area contributed by atoms with Crippen LogP contribution < -0.4 is 5.32 Å². The summed E-state index contributed by atoms with van der Waals surface area (Å²) in [6.45, 7) is 5.21. The Labute approximate surface area is 88.9 Å². The molecule has 0 bridgehead atoms. The summed E-state index contributed by atoms with van der Waals surface area (Å²) in [5.41, 5.74) is -0.922. The fourth-order valence-electron chi connectivity index (χ4n) is 1.44. The van der Waals surface area contributed by atoms with Gasteiger partial charge in [0.05, 0.1) is 12.0 Å². The quantitative estimate of drug-likeness (QED) is 0.730. The molecule has 0 aliphatic heterocycles. The molecule has 0 saturated heterocycles. The lowest BCUT2D eigenvalue weighted by atomic mass is 10.0. The summed E-state index contributed by atoms with van der Waals surface area (Å²) in [6.07, 6.45) is -3.63. The van der Waals surface area contributed by atoms with Crippen molar-refractivity contribution >= 4 is 0 Å². The molecule has 0 rings (SSSR count). The van der Waals surface area contributed by atoms with Gasteiger partial charge in [0.2, 0.25) is 0 Å². The predicted molar refractivity (Wildman–Crippen MR) is 53.7 cm³/mol. The van der Waals surface area contributed by atoms with Crippen molar-refractivity contribution in [2.24, 2.45) is 0 Å². The van der Waals surface area contributed by atoms with E-state index in [-0.39, 0.29) is 6.54 Å². The lowest BCUT2D eigenvalue weighted by molar-refractivity contribution is -0.139. The van der Waals surface area contributed by atoms with Crippen molar-refractivity contribution < 1.29 is 18.3 Å². The minimum atomic E-state index is -4.15. The van der Waals surface area contributed by atoms with Crippen LogP contribution in [0.25, 0.3) is 0 Å². The number of hydrogen-bond donors (Lipinski definition) is 2. The number of aliphatic hydroxyl groups is 1. The van der Waals surface area contributed by atoms with E-state index in [9.17, 15) is 18.3 Å². The third kappa shape index (κ3) is 8.69. The molecule has 15 heavy (non-hydrogen) atoms. The molecular formula is C10H20F3NO. The van der Waals surface area contributed by atoms with Gasteiger partial charge in [-0.3, -0.25) is 0 Å². The molecular weight excluding hydrogens is 207 g/mol. The van der Waals surface area contributed by atoms with Crippen molar-refractivity contribution in [2.45, 2.75) is 57.9 Å². The highest BCUT2D eigenvalue weighted by Gasteiger charge is 2.30. The summed E-state index contributed by atoms with van der Waals surface area (Å²) in [5.74, 6) is 0. The van der Waals surface area contributed by atoms with Gasteiger partial charge >= 0.3 is 6.18 Å². The molecule has 0 amide bonds. The molecule has 2 atom stereocenters. The largest absolute Gasteiger partial charge is 0.390 e. The molecule has 0 fully saturated rings. The van der Waals surface area contributed by atoms with E-state index in [1.54, 1.807) is 6.92 Å². The monoisotopic (exact) mass is 227 g/mol. The van der Waals surface area contributed by atoms with Crippen LogP contribution in [0.3, 0.4) is 0 Å². The summed E-state index contributed by atoms with van der Waals surface area (Å²) >= 11 is 0. The van der Waals surface area contributed by atoms with Crippen LogP contribution in [0.4, 0.5) is 13.2 Å². The van der Waals surface area contributed by atoms with Gasteiger partial charge in [-0.25, -0.2) is 0 Å². The molecule has 0 aromatic heterocycles. The van der Waals surface area contributed by atoms with E-state index in [1.165, 1.54) is 6.92 Å². The number of hydrogen-bond acceptors (Lipinski definition) is 2. The van der Waals surface area contributed by atoms with Gasteiger partial charge in [0.15, 0.2) is 0 Å². The van der Waals surface area contributed by atoms with Gasteiger partial charge in [-0.05, 0) is 20.3 Å². The Balaban J connectivity index is 3.84. The zero-order chi connectivity index (χ0) is 12.1. The topological polar surface area (TPSA) is 32.3 Å². The van der Waals surface area contributed by atoms with Crippen molar-refractivity contribution in [1.29, 1.82) is 0 Å². The molecule has 0 saturated carbocycles. The van der Waals surface area contributed by atoms with Gasteiger partial charge in [0.1, 0.15) is 0 Å². The summed E-state index contributed by atoms with van der Waals surface area (Å²) in [4.78, 5) is 0. The van der Waals surface area contributed by atoms with Gasteiger partial charge in [-0.2, -0.15) is 13.2 Å². The lowest BCUT2D eigenvalue weighted by Gasteiger charge is -2.26. The van der Waals surface area contributed by atoms with Gasteiger partial charge in [-0.1, -0.05) is 13.3 Å². The molecule has 2 unspecified atom stereocenters. The van der Waals surface area contributed by atoms with Crippen LogP contribution in [0.2, 0.25) is 0 Å². The normalized spacial score (nSPS) is 18.6. The second-order valence-electron chi connectivity index (χ2n) is 4.35. The fraction of sp³-hybridized carbons (Fsp3) is 1.00. The summed E-state index contributed by atoms with van der Waals surface area (Å²) < 4.78 is 35.9. The van der Waals surface area contributed by atoms with Crippen molar-refractivity contribution in [2.75, 3.05) is 6.54 Å². The Morgan fingerprint density at radius 2 is 1.87 bits per heavy atom. The average molecular weight is 227 g/mol. The molecule has 2 N–H and O–H groups in total. The van der Waals surface area contributed by atoms with E-state index in [0.29, 0.717) is 6.42 Å². The Morgan fingerprint density at radius 3 is 2.27 bits per heavy atom. The maximum Gasteiger partial charge on any atom is 0.390 e. The third-order valence-electron chi connectivity index (χ3n) is 2.16. The average Bonchev–Trinajstić information content (AvgIpc) is 1.98. The standard InChI is InChI=1S/C10H20F3NO/c1-4-5-9(3,15)7-14-8(2)6-10(11,12)13/h8,14-15H,4-7H2,1-3H3. The Kier molecular flexibility index (Phi) is 5.59. The minimum Gasteiger partial charge on any atom is -0.389 e. The van der Waals surface area contributed by atoms with E-state index in [0.717, 1.165) is 6.42 Å². The molecule has 0 radical (unpaired) electrons. The SMILES string of the molecule is CCCC(C)(O)CNC(C)CC(F)(F)F. The zero-order valence-electron chi connectivity index (χ0n) is 9.49. The summed E-state index contributed by atoms with van der Waals surface area (Å²) in [5, 5.41) is 12.4. The predicted octanol–water partition coefficient (Wildman–Crippen LogP) is 2.47. The van der Waals surface area contributed by atoms with Crippen LogP contribution in [0.15, 0.2) is 0 Å². The van der Waals surface area contributed by atoms with Gasteiger partial charge in [0, 0.05) is 12.6 Å². The minimum absolute atomic E-state index is 0.193. The van der Waals surface area contributed by atoms with Crippen LogP contribution in [-0.4, -0.2) is 29.5 Å². The van der Waals surface area contributed by atoms with Crippen LogP contribution in [-0.2, 0) is 0 Å². The molecule has 92 valence electrons. The van der Waals surface area contributed by atoms with E-state index < -0.39 is 24.2 Å². The first kappa shape index (κ1) is 14.7. The molecule has 2 nitrogen and oxygen atoms in total. The molecule has 0 aromatic carbocycles. The molecule has 0 aromatic rings. The third-order valence-corrected chi connectivity index (χ3v) is 2.16. The number of nitrogens with one attached hydrogen (secondary N) is 1. The molecule has 0 spiro atoms. The first-order valence-corrected chi connectivity index (χ1v) is 5.19. The fourth-order valence-corrected chi connectivity index (χ4v) is 1.44. The number of rotatable bonds is 6. The molecule has 0 aliphatic carbocycles. The van der Waals surface area contributed by atoms with E-state index in [4.69, 9.17) is 0 Å². The lowest BCUT2D eigenvalue weighted by Crippen LogP contribution is -2.42. The summed E-state index contributed by atoms with van der Waals surface area (Å²) in [7, 11) is 0. The zero-order valence-corrected chi connectivity index (χ0v) is 9.49. The Hall–Kier alpha value is -0.290. The Bertz CT molecular complexity index is 180.